The molecule has 0 amide bonds. The molecule has 0 aromatic carbocycles. The lowest BCUT2D eigenvalue weighted by Crippen LogP contribution is -2.41. The number of hydrogen-bond donors (Lipinski definition) is 2. The van der Waals surface area contributed by atoms with Crippen LogP contribution in [0.3, 0.4) is 0 Å². The Morgan fingerprint density at radius 2 is 1.78 bits per heavy atom. The molecule has 2 aromatic rings. The van der Waals surface area contributed by atoms with Gasteiger partial charge < -0.3 is 19.3 Å². The Kier molecular flexibility index (Phi) is 2.22. The molecule has 2 aromatic heterocycles. The molecule has 1 aliphatic heterocycles. The zero-order valence-corrected chi connectivity index (χ0v) is 10.9. The van der Waals surface area contributed by atoms with Gasteiger partial charge in [-0.1, -0.05) is 0 Å². The predicted octanol–water partition coefficient (Wildman–Crippen LogP) is 1.93. The van der Waals surface area contributed by atoms with E-state index in [1.807, 2.05) is 27.7 Å². The van der Waals surface area contributed by atoms with E-state index >= 15 is 0 Å². The van der Waals surface area contributed by atoms with Crippen molar-refractivity contribution in [1.29, 1.82) is 0 Å². The van der Waals surface area contributed by atoms with Crippen molar-refractivity contribution < 1.29 is 13.7 Å². The molecule has 6 heteroatoms. The fourth-order valence-electron chi connectivity index (χ4n) is 2.16. The van der Waals surface area contributed by atoms with Gasteiger partial charge in [0.1, 0.15) is 5.65 Å². The Morgan fingerprint density at radius 3 is 2.39 bits per heavy atom. The maximum atomic E-state index is 13.2. The van der Waals surface area contributed by atoms with Crippen molar-refractivity contribution in [3.63, 3.8) is 0 Å². The van der Waals surface area contributed by atoms with Crippen LogP contribution >= 0.6 is 0 Å². The Labute approximate surface area is 105 Å². The molecule has 3 rings (SSSR count). The van der Waals surface area contributed by atoms with E-state index in [4.69, 9.17) is 9.31 Å². The number of halogens is 1. The van der Waals surface area contributed by atoms with Crippen molar-refractivity contribution in [2.24, 2.45) is 0 Å². The summed E-state index contributed by atoms with van der Waals surface area (Å²) < 4.78 is 25.1. The molecule has 3 heterocycles. The van der Waals surface area contributed by atoms with Gasteiger partial charge in [-0.15, -0.1) is 0 Å². The molecular weight excluding hydrogens is 234 g/mol. The second-order valence-electron chi connectivity index (χ2n) is 5.74. The second-order valence-corrected chi connectivity index (χ2v) is 5.74. The minimum Gasteiger partial charge on any atom is -0.399 e. The fraction of sp³-hybridized carbons (Fsp3) is 0.500. The average Bonchev–Trinajstić information content (AvgIpc) is 2.78. The van der Waals surface area contributed by atoms with Crippen LogP contribution in [0.4, 0.5) is 4.39 Å². The molecule has 0 radical (unpaired) electrons. The first-order valence-electron chi connectivity index (χ1n) is 6.01. The minimum atomic E-state index is -0.473. The standard InChI is InChI=1S/C12H16BFN2O2/c1-11(2)12(3,4)18-13(17-11)8-6-15-10-7(8)5-9(14)16-10/h5-6,15-16H,1-4H3. The number of aromatic amines is 2. The van der Waals surface area contributed by atoms with Crippen LogP contribution < -0.4 is 5.46 Å². The number of H-pyrrole nitrogens is 2. The van der Waals surface area contributed by atoms with Crippen molar-refractivity contribution >= 4 is 23.6 Å². The van der Waals surface area contributed by atoms with Crippen LogP contribution in [-0.2, 0) is 9.31 Å². The molecule has 1 fully saturated rings. The van der Waals surface area contributed by atoms with Gasteiger partial charge >= 0.3 is 7.12 Å². The van der Waals surface area contributed by atoms with Crippen molar-refractivity contribution in [1.82, 2.24) is 9.97 Å². The number of rotatable bonds is 1. The van der Waals surface area contributed by atoms with Gasteiger partial charge in [-0.05, 0) is 27.7 Å². The van der Waals surface area contributed by atoms with E-state index in [9.17, 15) is 4.39 Å². The van der Waals surface area contributed by atoms with E-state index in [-0.39, 0.29) is 5.95 Å². The molecular formula is C12H16BFN2O2. The minimum absolute atomic E-state index is 0.366. The number of fused-ring (bicyclic) bond motifs is 1. The molecule has 1 saturated heterocycles. The summed E-state index contributed by atoms with van der Waals surface area (Å²) in [5, 5.41) is 0.769. The number of aromatic nitrogens is 2. The molecule has 0 spiro atoms. The predicted molar refractivity (Wildman–Crippen MR) is 68.3 cm³/mol. The molecule has 18 heavy (non-hydrogen) atoms. The zero-order valence-electron chi connectivity index (χ0n) is 10.9. The summed E-state index contributed by atoms with van der Waals surface area (Å²) in [6, 6.07) is 1.45. The second kappa shape index (κ2) is 3.39. The summed E-state index contributed by atoms with van der Waals surface area (Å²) in [6.45, 7) is 7.98. The van der Waals surface area contributed by atoms with E-state index in [0.717, 1.165) is 10.8 Å². The maximum Gasteiger partial charge on any atom is 0.497 e. The number of hydrogen-bond acceptors (Lipinski definition) is 2. The van der Waals surface area contributed by atoms with Gasteiger partial charge in [0.05, 0.1) is 11.2 Å². The highest BCUT2D eigenvalue weighted by molar-refractivity contribution is 6.65. The highest BCUT2D eigenvalue weighted by Gasteiger charge is 2.52. The van der Waals surface area contributed by atoms with Crippen molar-refractivity contribution in [3.8, 4) is 0 Å². The monoisotopic (exact) mass is 250 g/mol. The first-order chi connectivity index (χ1) is 8.30. The van der Waals surface area contributed by atoms with Gasteiger partial charge in [-0.25, -0.2) is 0 Å². The van der Waals surface area contributed by atoms with E-state index in [2.05, 4.69) is 9.97 Å². The van der Waals surface area contributed by atoms with Gasteiger partial charge in [0.2, 0.25) is 0 Å². The first-order valence-corrected chi connectivity index (χ1v) is 6.01. The quantitative estimate of drug-likeness (QED) is 0.760. The maximum absolute atomic E-state index is 13.2. The molecule has 0 bridgehead atoms. The normalized spacial score (nSPS) is 21.9. The summed E-state index contributed by atoms with van der Waals surface area (Å²) in [7, 11) is -0.473. The van der Waals surface area contributed by atoms with Crippen molar-refractivity contribution in [2.75, 3.05) is 0 Å². The van der Waals surface area contributed by atoms with E-state index in [1.54, 1.807) is 6.20 Å². The van der Waals surface area contributed by atoms with Crippen LogP contribution in [0.5, 0.6) is 0 Å². The van der Waals surface area contributed by atoms with Crippen LogP contribution in [0.25, 0.3) is 11.0 Å². The molecule has 4 nitrogen and oxygen atoms in total. The third kappa shape index (κ3) is 1.52. The topological polar surface area (TPSA) is 50.0 Å². The van der Waals surface area contributed by atoms with E-state index in [0.29, 0.717) is 5.65 Å². The molecule has 2 N–H and O–H groups in total. The average molecular weight is 250 g/mol. The summed E-state index contributed by atoms with van der Waals surface area (Å²) >= 11 is 0. The molecule has 96 valence electrons. The van der Waals surface area contributed by atoms with Crippen LogP contribution in [0.1, 0.15) is 27.7 Å². The lowest BCUT2D eigenvalue weighted by atomic mass is 9.79. The summed E-state index contributed by atoms with van der Waals surface area (Å²) in [5.74, 6) is -0.366. The summed E-state index contributed by atoms with van der Waals surface area (Å²) in [4.78, 5) is 5.60. The highest BCUT2D eigenvalue weighted by atomic mass is 19.1. The fourth-order valence-corrected chi connectivity index (χ4v) is 2.16. The highest BCUT2D eigenvalue weighted by Crippen LogP contribution is 2.36. The van der Waals surface area contributed by atoms with Crippen LogP contribution in [0.15, 0.2) is 12.3 Å². The molecule has 1 aliphatic rings. The Balaban J connectivity index is 2.02. The Hall–Kier alpha value is -1.27. The van der Waals surface area contributed by atoms with Gasteiger partial charge in [0, 0.05) is 23.1 Å². The lowest BCUT2D eigenvalue weighted by molar-refractivity contribution is 0.00578. The largest absolute Gasteiger partial charge is 0.497 e. The molecule has 0 atom stereocenters. The van der Waals surface area contributed by atoms with Gasteiger partial charge in [-0.2, -0.15) is 4.39 Å². The van der Waals surface area contributed by atoms with Gasteiger partial charge in [-0.3, -0.25) is 0 Å². The third-order valence-electron chi connectivity index (χ3n) is 3.98. The first kappa shape index (κ1) is 11.8. The third-order valence-corrected chi connectivity index (χ3v) is 3.98. The molecule has 0 saturated carbocycles. The van der Waals surface area contributed by atoms with E-state index < -0.39 is 18.3 Å². The smallest absolute Gasteiger partial charge is 0.399 e. The Morgan fingerprint density at radius 1 is 1.17 bits per heavy atom. The number of nitrogens with one attached hydrogen (secondary N) is 2. The van der Waals surface area contributed by atoms with Crippen molar-refractivity contribution in [3.05, 3.63) is 18.2 Å². The van der Waals surface area contributed by atoms with E-state index in [1.165, 1.54) is 6.07 Å². The molecule has 0 aliphatic carbocycles. The summed E-state index contributed by atoms with van der Waals surface area (Å²) in [6.07, 6.45) is 1.79. The zero-order chi connectivity index (χ0) is 13.1. The van der Waals surface area contributed by atoms with Crippen LogP contribution in [0, 0.1) is 5.95 Å². The summed E-state index contributed by atoms with van der Waals surface area (Å²) in [5.41, 5.74) is 0.688. The van der Waals surface area contributed by atoms with Gasteiger partial charge in [0.25, 0.3) is 0 Å². The Bertz CT molecular complexity index is 586. The van der Waals surface area contributed by atoms with Crippen LogP contribution in [0.2, 0.25) is 0 Å². The van der Waals surface area contributed by atoms with Crippen molar-refractivity contribution in [2.45, 2.75) is 38.9 Å². The van der Waals surface area contributed by atoms with Gasteiger partial charge in [0.15, 0.2) is 5.95 Å². The lowest BCUT2D eigenvalue weighted by Gasteiger charge is -2.32. The SMILES string of the molecule is CC1(C)OB(c2c[nH]c3[nH]c(F)cc23)OC1(C)C. The van der Waals surface area contributed by atoms with Crippen LogP contribution in [-0.4, -0.2) is 28.3 Å². The molecule has 0 unspecified atom stereocenters.